The van der Waals surface area contributed by atoms with Crippen LogP contribution in [0.25, 0.3) is 22.8 Å². The van der Waals surface area contributed by atoms with Crippen LogP contribution in [-0.2, 0) is 9.47 Å². The molecule has 0 aromatic carbocycles. The summed E-state index contributed by atoms with van der Waals surface area (Å²) in [7, 11) is 1.73. The van der Waals surface area contributed by atoms with Crippen LogP contribution in [0.2, 0.25) is 0 Å². The normalized spacial score (nSPS) is 30.3. The van der Waals surface area contributed by atoms with Gasteiger partial charge in [0.05, 0.1) is 25.9 Å². The number of fused-ring (bicyclic) bond motifs is 1. The summed E-state index contributed by atoms with van der Waals surface area (Å²) in [6, 6.07) is 0.314. The molecule has 2 atom stereocenters. The summed E-state index contributed by atoms with van der Waals surface area (Å²) in [6.07, 6.45) is 17.3. The summed E-state index contributed by atoms with van der Waals surface area (Å²) < 4.78 is 18.7. The van der Waals surface area contributed by atoms with Crippen LogP contribution in [0.1, 0.15) is 70.3 Å². The smallest absolute Gasteiger partial charge is 0.382 e. The molecule has 3 aromatic rings. The van der Waals surface area contributed by atoms with E-state index in [9.17, 15) is 4.79 Å². The number of anilines is 2. The highest BCUT2D eigenvalue weighted by Crippen LogP contribution is 2.66. The molecule has 4 aliphatic carbocycles. The van der Waals surface area contributed by atoms with E-state index in [4.69, 9.17) is 35.4 Å². The third kappa shape index (κ3) is 4.23. The quantitative estimate of drug-likeness (QED) is 0.385. The minimum Gasteiger partial charge on any atom is -0.382 e. The van der Waals surface area contributed by atoms with Crippen LogP contribution in [0.4, 0.5) is 11.8 Å². The molecule has 1 aliphatic heterocycles. The van der Waals surface area contributed by atoms with E-state index in [1.54, 1.807) is 7.11 Å². The Morgan fingerprint density at radius 3 is 2.67 bits per heavy atom. The Labute approximate surface area is 243 Å². The van der Waals surface area contributed by atoms with Crippen LogP contribution in [-0.4, -0.2) is 74.7 Å². The van der Waals surface area contributed by atoms with Crippen molar-refractivity contribution >= 4 is 22.9 Å². The Morgan fingerprint density at radius 2 is 2.00 bits per heavy atom. The second-order valence-electron chi connectivity index (χ2n) is 13.1. The summed E-state index contributed by atoms with van der Waals surface area (Å²) in [5, 5.41) is 7.82. The largest absolute Gasteiger partial charge is 0.439 e. The molecule has 1 spiro atoms. The summed E-state index contributed by atoms with van der Waals surface area (Å²) in [5.41, 5.74) is 1.77. The molecule has 4 heterocycles. The maximum absolute atomic E-state index is 11.8. The molecule has 2 N–H and O–H groups in total. The van der Waals surface area contributed by atoms with E-state index in [0.29, 0.717) is 49.7 Å². The van der Waals surface area contributed by atoms with E-state index in [2.05, 4.69) is 30.8 Å². The molecule has 3 aromatic heterocycles. The molecule has 2 unspecified atom stereocenters. The minimum absolute atomic E-state index is 0.0340. The maximum Gasteiger partial charge on any atom is 0.439 e. The van der Waals surface area contributed by atoms with Crippen LogP contribution in [0.15, 0.2) is 9.32 Å². The van der Waals surface area contributed by atoms with Crippen molar-refractivity contribution in [1.82, 2.24) is 29.7 Å². The Morgan fingerprint density at radius 1 is 1.17 bits per heavy atom. The highest BCUT2D eigenvalue weighted by Gasteiger charge is 2.58. The van der Waals surface area contributed by atoms with Crippen LogP contribution < -0.4 is 16.0 Å². The monoisotopic (exact) mass is 574 g/mol. The van der Waals surface area contributed by atoms with Crippen LogP contribution in [0.5, 0.6) is 0 Å². The maximum atomic E-state index is 11.8. The van der Waals surface area contributed by atoms with E-state index >= 15 is 0 Å². The fourth-order valence-electron chi connectivity index (χ4n) is 7.81. The number of morpholine rings is 1. The van der Waals surface area contributed by atoms with Crippen molar-refractivity contribution < 1.29 is 14.0 Å². The highest BCUT2D eigenvalue weighted by atomic mass is 16.5. The molecule has 222 valence electrons. The van der Waals surface area contributed by atoms with Crippen molar-refractivity contribution in [3.05, 3.63) is 10.6 Å². The second-order valence-corrected chi connectivity index (χ2v) is 13.1. The number of methoxy groups -OCH3 is 1. The van der Waals surface area contributed by atoms with Gasteiger partial charge in [0.2, 0.25) is 17.6 Å². The predicted octanol–water partition coefficient (Wildman–Crippen LogP) is 3.52. The van der Waals surface area contributed by atoms with Gasteiger partial charge in [0.15, 0.2) is 11.5 Å². The van der Waals surface area contributed by atoms with Gasteiger partial charge >= 0.3 is 5.76 Å². The molecule has 42 heavy (non-hydrogen) atoms. The van der Waals surface area contributed by atoms with Gasteiger partial charge in [-0.25, -0.2) is 14.8 Å². The molecular formula is C30H38N8O4. The van der Waals surface area contributed by atoms with E-state index in [1.165, 1.54) is 19.3 Å². The first kappa shape index (κ1) is 26.2. The topological polar surface area (TPSA) is 136 Å². The van der Waals surface area contributed by atoms with Crippen LogP contribution >= 0.6 is 0 Å². The summed E-state index contributed by atoms with van der Waals surface area (Å²) in [5.74, 6) is 5.51. The van der Waals surface area contributed by atoms with Gasteiger partial charge in [-0.2, -0.15) is 4.98 Å². The fourth-order valence-corrected chi connectivity index (χ4v) is 7.81. The average molecular weight is 575 g/mol. The number of aromatic nitrogens is 6. The van der Waals surface area contributed by atoms with Crippen LogP contribution in [0.3, 0.4) is 0 Å². The first-order valence-corrected chi connectivity index (χ1v) is 15.5. The van der Waals surface area contributed by atoms with Crippen molar-refractivity contribution in [1.29, 1.82) is 0 Å². The average Bonchev–Trinajstić information content (AvgIpc) is 3.77. The molecule has 12 heteroatoms. The summed E-state index contributed by atoms with van der Waals surface area (Å²) in [4.78, 5) is 31.9. The van der Waals surface area contributed by atoms with E-state index in [-0.39, 0.29) is 28.9 Å². The van der Waals surface area contributed by atoms with Gasteiger partial charge in [-0.15, -0.1) is 12.3 Å². The number of rotatable bonds is 8. The minimum atomic E-state index is -0.638. The van der Waals surface area contributed by atoms with E-state index in [0.717, 1.165) is 62.2 Å². The number of hydrogen-bond acceptors (Lipinski definition) is 10. The summed E-state index contributed by atoms with van der Waals surface area (Å²) in [6.45, 7) is 2.44. The van der Waals surface area contributed by atoms with Crippen molar-refractivity contribution in [2.45, 2.75) is 81.8 Å². The second kappa shape index (κ2) is 9.81. The molecule has 0 amide bonds. The van der Waals surface area contributed by atoms with Crippen molar-refractivity contribution in [2.75, 3.05) is 43.7 Å². The lowest BCUT2D eigenvalue weighted by Crippen LogP contribution is -2.49. The van der Waals surface area contributed by atoms with Crippen LogP contribution in [0, 0.1) is 29.6 Å². The molecule has 1 saturated heterocycles. The van der Waals surface area contributed by atoms with Gasteiger partial charge in [-0.05, 0) is 69.1 Å². The standard InChI is InChI=1S/C30H38N8O4/c1-3-18-7-9-29(10-8-18)15-21(29)38-22-23(33-27(38)37-13-14-41-17-20(37)16-40-2)31-25(26-34-28(39)42-36-26)32-24(22)35-30(11-12-30)19-5-4-6-19/h1,18-21H,4-17H2,2H3,(H,31,32,35)(H,34,36,39). The first-order valence-electron chi connectivity index (χ1n) is 15.5. The Hall–Kier alpha value is -3.43. The number of imidazole rings is 1. The van der Waals surface area contributed by atoms with Crippen molar-refractivity contribution in [3.8, 4) is 24.0 Å². The van der Waals surface area contributed by atoms with Crippen molar-refractivity contribution in [3.63, 3.8) is 0 Å². The third-order valence-electron chi connectivity index (χ3n) is 10.7. The van der Waals surface area contributed by atoms with E-state index < -0.39 is 5.76 Å². The Bertz CT molecular complexity index is 1580. The molecule has 5 aliphatic rings. The Kier molecular flexibility index (Phi) is 6.12. The highest BCUT2D eigenvalue weighted by molar-refractivity contribution is 5.88. The lowest BCUT2D eigenvalue weighted by molar-refractivity contribution is 0.0590. The third-order valence-corrected chi connectivity index (χ3v) is 10.7. The summed E-state index contributed by atoms with van der Waals surface area (Å²) >= 11 is 0. The van der Waals surface area contributed by atoms with Gasteiger partial charge in [-0.1, -0.05) is 11.6 Å². The number of ether oxygens (including phenoxy) is 2. The molecule has 8 rings (SSSR count). The molecule has 12 nitrogen and oxygen atoms in total. The van der Waals surface area contributed by atoms with Gasteiger partial charge in [0, 0.05) is 31.2 Å². The van der Waals surface area contributed by atoms with Gasteiger partial charge in [-0.3, -0.25) is 9.51 Å². The number of aromatic amines is 1. The predicted molar refractivity (Wildman–Crippen MR) is 155 cm³/mol. The number of nitrogens with zero attached hydrogens (tertiary/aromatic N) is 6. The number of H-pyrrole nitrogens is 1. The van der Waals surface area contributed by atoms with E-state index in [1.807, 2.05) is 0 Å². The van der Waals surface area contributed by atoms with Gasteiger partial charge in [0.1, 0.15) is 5.52 Å². The Balaban J connectivity index is 1.29. The number of hydrogen-bond donors (Lipinski definition) is 2. The zero-order valence-electron chi connectivity index (χ0n) is 24.1. The van der Waals surface area contributed by atoms with Gasteiger partial charge in [0.25, 0.3) is 0 Å². The molecule has 0 bridgehead atoms. The lowest BCUT2D eigenvalue weighted by atomic mass is 9.78. The first-order chi connectivity index (χ1) is 20.5. The number of nitrogens with one attached hydrogen (secondary N) is 2. The SMILES string of the molecule is C#CC1CCC2(CC1)CC2n1c(N2CCOCC2COC)nc2nc(-c3noc(=O)[nH]3)nc(NC3(C4CCC4)CC3)c21. The lowest BCUT2D eigenvalue weighted by Gasteiger charge is -2.37. The zero-order chi connectivity index (χ0) is 28.5. The molecule has 5 fully saturated rings. The fraction of sp³-hybridized carbons (Fsp3) is 0.700. The molecule has 0 radical (unpaired) electrons. The zero-order valence-corrected chi connectivity index (χ0v) is 24.1. The van der Waals surface area contributed by atoms with Gasteiger partial charge < -0.3 is 24.3 Å². The molecular weight excluding hydrogens is 536 g/mol. The number of terminal acetylenes is 1. The molecule has 4 saturated carbocycles. The van der Waals surface area contributed by atoms with Crippen molar-refractivity contribution in [2.24, 2.45) is 17.3 Å².